The van der Waals surface area contributed by atoms with Crippen LogP contribution in [0.3, 0.4) is 0 Å². The second-order valence-electron chi connectivity index (χ2n) is 2.68. The van der Waals surface area contributed by atoms with Gasteiger partial charge in [-0.25, -0.2) is 0 Å². The smallest absolute Gasteiger partial charge is 0.410 e. The van der Waals surface area contributed by atoms with Gasteiger partial charge in [-0.15, -0.1) is 0 Å². The number of hydrogen-bond donors (Lipinski definition) is 0. The summed E-state index contributed by atoms with van der Waals surface area (Å²) in [5.41, 5.74) is 2.28. The highest BCUT2D eigenvalue weighted by molar-refractivity contribution is 9.08. The predicted molar refractivity (Wildman–Crippen MR) is 58.5 cm³/mol. The first-order chi connectivity index (χ1) is 6.31. The van der Waals surface area contributed by atoms with Crippen LogP contribution in [0.2, 0.25) is 0 Å². The van der Waals surface area contributed by atoms with E-state index in [1.165, 1.54) is 5.56 Å². The minimum atomic E-state index is -0.260. The van der Waals surface area contributed by atoms with Gasteiger partial charge in [0.25, 0.3) is 0 Å². The maximum Gasteiger partial charge on any atom is 0.493 e. The molecule has 0 aliphatic rings. The van der Waals surface area contributed by atoms with Crippen molar-refractivity contribution in [2.24, 2.45) is 0 Å². The van der Waals surface area contributed by atoms with E-state index in [0.717, 1.165) is 10.8 Å². The van der Waals surface area contributed by atoms with Gasteiger partial charge >= 0.3 is 7.12 Å². The molecule has 2 nitrogen and oxygen atoms in total. The van der Waals surface area contributed by atoms with Gasteiger partial charge in [0.05, 0.1) is 0 Å². The Labute approximate surface area is 87.5 Å². The highest BCUT2D eigenvalue weighted by Gasteiger charge is 2.16. The molecule has 0 aliphatic heterocycles. The summed E-state index contributed by atoms with van der Waals surface area (Å²) in [6.07, 6.45) is 0. The lowest BCUT2D eigenvalue weighted by Gasteiger charge is -2.08. The second-order valence-corrected chi connectivity index (χ2v) is 3.24. The van der Waals surface area contributed by atoms with Crippen molar-refractivity contribution in [2.45, 2.75) is 5.33 Å². The molecule has 4 heteroatoms. The Morgan fingerprint density at radius 2 is 1.69 bits per heavy atom. The fourth-order valence-corrected chi connectivity index (χ4v) is 1.51. The van der Waals surface area contributed by atoms with E-state index in [1.807, 2.05) is 12.1 Å². The monoisotopic (exact) mass is 242 g/mol. The molecule has 0 radical (unpaired) electrons. The van der Waals surface area contributed by atoms with Crippen LogP contribution in [0.4, 0.5) is 0 Å². The van der Waals surface area contributed by atoms with Crippen molar-refractivity contribution >= 4 is 28.5 Å². The van der Waals surface area contributed by atoms with Gasteiger partial charge in [0.1, 0.15) is 0 Å². The van der Waals surface area contributed by atoms with Crippen molar-refractivity contribution < 1.29 is 9.31 Å². The average Bonchev–Trinajstić information content (AvgIpc) is 2.21. The number of benzene rings is 1. The molecule has 1 aromatic carbocycles. The lowest BCUT2D eigenvalue weighted by atomic mass is 9.79. The zero-order valence-corrected chi connectivity index (χ0v) is 9.37. The van der Waals surface area contributed by atoms with Crippen LogP contribution in [0.5, 0.6) is 0 Å². The standard InChI is InChI=1S/C9H12BBrO2/c1-12-10(13-2)9-5-3-8(7-11)4-6-9/h3-6H,7H2,1-2H3. The Balaban J connectivity index is 2.78. The molecule has 0 saturated carbocycles. The fourth-order valence-electron chi connectivity index (χ4n) is 1.13. The molecule has 0 bridgehead atoms. The van der Waals surface area contributed by atoms with E-state index in [1.54, 1.807) is 14.2 Å². The molecule has 13 heavy (non-hydrogen) atoms. The summed E-state index contributed by atoms with van der Waals surface area (Å²) in [6.45, 7) is 0. The van der Waals surface area contributed by atoms with Crippen molar-refractivity contribution in [3.63, 3.8) is 0 Å². The Bertz CT molecular complexity index is 246. The van der Waals surface area contributed by atoms with E-state index in [0.29, 0.717) is 0 Å². The zero-order chi connectivity index (χ0) is 9.68. The van der Waals surface area contributed by atoms with Gasteiger partial charge in [0.2, 0.25) is 0 Å². The fraction of sp³-hybridized carbons (Fsp3) is 0.333. The van der Waals surface area contributed by atoms with E-state index in [-0.39, 0.29) is 7.12 Å². The number of halogens is 1. The summed E-state index contributed by atoms with van der Waals surface area (Å²) in [7, 11) is 3.00. The highest BCUT2D eigenvalue weighted by Crippen LogP contribution is 2.03. The second kappa shape index (κ2) is 5.42. The molecule has 0 heterocycles. The van der Waals surface area contributed by atoms with Crippen LogP contribution in [0.1, 0.15) is 5.56 Å². The first kappa shape index (κ1) is 10.8. The zero-order valence-electron chi connectivity index (χ0n) is 7.79. The molecule has 0 atom stereocenters. The van der Waals surface area contributed by atoms with Crippen LogP contribution in [-0.2, 0) is 14.6 Å². The van der Waals surface area contributed by atoms with Crippen LogP contribution >= 0.6 is 15.9 Å². The summed E-state index contributed by atoms with van der Waals surface area (Å²) in [5.74, 6) is 0. The third-order valence-electron chi connectivity index (χ3n) is 1.83. The Hall–Kier alpha value is -0.315. The SMILES string of the molecule is COB(OC)c1ccc(CBr)cc1. The molecule has 1 rings (SSSR count). The van der Waals surface area contributed by atoms with Gasteiger partial charge in [-0.2, -0.15) is 0 Å². The van der Waals surface area contributed by atoms with Crippen molar-refractivity contribution in [3.8, 4) is 0 Å². The number of rotatable bonds is 4. The van der Waals surface area contributed by atoms with Crippen LogP contribution in [0.15, 0.2) is 24.3 Å². The van der Waals surface area contributed by atoms with E-state index in [4.69, 9.17) is 9.31 Å². The number of alkyl halides is 1. The van der Waals surface area contributed by atoms with Gasteiger partial charge in [-0.05, 0) is 11.0 Å². The molecule has 0 N–H and O–H groups in total. The summed E-state index contributed by atoms with van der Waals surface area (Å²) in [4.78, 5) is 0. The summed E-state index contributed by atoms with van der Waals surface area (Å²) in [6, 6.07) is 8.12. The van der Waals surface area contributed by atoms with E-state index in [9.17, 15) is 0 Å². The summed E-state index contributed by atoms with van der Waals surface area (Å²) < 4.78 is 10.3. The minimum absolute atomic E-state index is 0.260. The topological polar surface area (TPSA) is 18.5 Å². The van der Waals surface area contributed by atoms with Gasteiger partial charge in [-0.3, -0.25) is 0 Å². The van der Waals surface area contributed by atoms with Gasteiger partial charge in [0.15, 0.2) is 0 Å². The Morgan fingerprint density at radius 3 is 2.08 bits per heavy atom. The lowest BCUT2D eigenvalue weighted by molar-refractivity contribution is 0.292. The average molecular weight is 243 g/mol. The minimum Gasteiger partial charge on any atom is -0.410 e. The third-order valence-corrected chi connectivity index (χ3v) is 2.48. The molecule has 0 unspecified atom stereocenters. The van der Waals surface area contributed by atoms with Crippen LogP contribution in [0.25, 0.3) is 0 Å². The van der Waals surface area contributed by atoms with Crippen LogP contribution in [0, 0.1) is 0 Å². The normalized spacial score (nSPS) is 10.1. The highest BCUT2D eigenvalue weighted by atomic mass is 79.9. The van der Waals surface area contributed by atoms with Gasteiger partial charge in [-0.1, -0.05) is 40.2 Å². The molecule has 0 spiro atoms. The molecule has 0 amide bonds. The summed E-state index contributed by atoms with van der Waals surface area (Å²) in [5, 5.41) is 0.873. The molecule has 0 saturated heterocycles. The quantitative estimate of drug-likeness (QED) is 0.590. The molecule has 0 aromatic heterocycles. The molecular formula is C9H12BBrO2. The first-order valence-corrected chi connectivity index (χ1v) is 5.14. The van der Waals surface area contributed by atoms with Crippen LogP contribution < -0.4 is 5.46 Å². The first-order valence-electron chi connectivity index (χ1n) is 4.02. The predicted octanol–water partition coefficient (Wildman–Crippen LogP) is 1.57. The lowest BCUT2D eigenvalue weighted by Crippen LogP contribution is -2.34. The summed E-state index contributed by atoms with van der Waals surface area (Å²) >= 11 is 3.39. The van der Waals surface area contributed by atoms with E-state index >= 15 is 0 Å². The van der Waals surface area contributed by atoms with Crippen molar-refractivity contribution in [1.82, 2.24) is 0 Å². The Morgan fingerprint density at radius 1 is 1.15 bits per heavy atom. The van der Waals surface area contributed by atoms with Gasteiger partial charge < -0.3 is 9.31 Å². The Kier molecular flexibility index (Phi) is 4.49. The molecule has 70 valence electrons. The molecule has 0 fully saturated rings. The van der Waals surface area contributed by atoms with Crippen molar-refractivity contribution in [3.05, 3.63) is 29.8 Å². The molecule has 1 aromatic rings. The molecule has 0 aliphatic carbocycles. The van der Waals surface area contributed by atoms with E-state index in [2.05, 4.69) is 28.1 Å². The maximum absolute atomic E-state index is 5.13. The number of hydrogen-bond acceptors (Lipinski definition) is 2. The third kappa shape index (κ3) is 2.83. The van der Waals surface area contributed by atoms with Crippen LogP contribution in [-0.4, -0.2) is 21.3 Å². The maximum atomic E-state index is 5.13. The molecular weight excluding hydrogens is 231 g/mol. The van der Waals surface area contributed by atoms with E-state index < -0.39 is 0 Å². The van der Waals surface area contributed by atoms with Gasteiger partial charge in [0, 0.05) is 19.5 Å². The largest absolute Gasteiger partial charge is 0.493 e. The van der Waals surface area contributed by atoms with Crippen molar-refractivity contribution in [2.75, 3.05) is 14.2 Å². The van der Waals surface area contributed by atoms with Crippen molar-refractivity contribution in [1.29, 1.82) is 0 Å².